The van der Waals surface area contributed by atoms with Gasteiger partial charge in [-0.1, -0.05) is 20.3 Å². The minimum atomic E-state index is -0.446. The van der Waals surface area contributed by atoms with Crippen molar-refractivity contribution in [1.82, 2.24) is 10.2 Å². The molecule has 0 radical (unpaired) electrons. The third-order valence-corrected chi connectivity index (χ3v) is 3.74. The Kier molecular flexibility index (Phi) is 7.28. The first-order valence-electron chi connectivity index (χ1n) is 7.33. The zero-order valence-electron chi connectivity index (χ0n) is 11.8. The minimum absolute atomic E-state index is 0.209. The predicted octanol–water partition coefficient (Wildman–Crippen LogP) is 1.39. The van der Waals surface area contributed by atoms with E-state index in [9.17, 15) is 9.90 Å². The van der Waals surface area contributed by atoms with Gasteiger partial charge < -0.3 is 15.3 Å². The van der Waals surface area contributed by atoms with Crippen LogP contribution in [0.4, 0.5) is 0 Å². The maximum Gasteiger partial charge on any atom is 0.222 e. The van der Waals surface area contributed by atoms with Crippen molar-refractivity contribution in [2.75, 3.05) is 26.2 Å². The predicted molar refractivity (Wildman–Crippen MR) is 73.4 cm³/mol. The topological polar surface area (TPSA) is 52.6 Å². The summed E-state index contributed by atoms with van der Waals surface area (Å²) in [6.07, 6.45) is 4.51. The van der Waals surface area contributed by atoms with Crippen LogP contribution in [0.25, 0.3) is 0 Å². The first kappa shape index (κ1) is 15.4. The molecular formula is C14H28N2O2. The Morgan fingerprint density at radius 3 is 2.89 bits per heavy atom. The summed E-state index contributed by atoms with van der Waals surface area (Å²) in [5.74, 6) is 0.884. The van der Waals surface area contributed by atoms with Crippen LogP contribution in [-0.4, -0.2) is 48.2 Å². The minimum Gasteiger partial charge on any atom is -0.390 e. The van der Waals surface area contributed by atoms with Gasteiger partial charge >= 0.3 is 0 Å². The quantitative estimate of drug-likeness (QED) is 0.677. The van der Waals surface area contributed by atoms with Crippen LogP contribution in [0, 0.1) is 5.92 Å². The number of amides is 1. The molecule has 0 saturated carbocycles. The van der Waals surface area contributed by atoms with Crippen LogP contribution in [0.1, 0.15) is 46.0 Å². The molecule has 2 unspecified atom stereocenters. The summed E-state index contributed by atoms with van der Waals surface area (Å²) in [5, 5.41) is 13.1. The highest BCUT2D eigenvalue weighted by Gasteiger charge is 2.23. The molecule has 106 valence electrons. The molecule has 1 fully saturated rings. The number of likely N-dealkylation sites (tertiary alicyclic amines) is 1. The van der Waals surface area contributed by atoms with E-state index in [1.54, 1.807) is 0 Å². The number of carbonyl (C=O) groups is 1. The van der Waals surface area contributed by atoms with E-state index in [0.29, 0.717) is 25.4 Å². The maximum atomic E-state index is 11.9. The fraction of sp³-hybridized carbons (Fsp3) is 0.929. The number of hydrogen-bond donors (Lipinski definition) is 2. The molecule has 0 aromatic carbocycles. The number of nitrogens with one attached hydrogen (secondary N) is 1. The number of β-amino-alcohol motifs (C(OH)–C–C–N with tert-alkyl or cyclic N) is 1. The number of aliphatic hydroxyl groups excluding tert-OH is 1. The Bertz CT molecular complexity index is 246. The molecular weight excluding hydrogens is 228 g/mol. The van der Waals surface area contributed by atoms with Gasteiger partial charge in [0, 0.05) is 26.1 Å². The van der Waals surface area contributed by atoms with Gasteiger partial charge in [-0.25, -0.2) is 0 Å². The summed E-state index contributed by atoms with van der Waals surface area (Å²) >= 11 is 0. The highest BCUT2D eigenvalue weighted by molar-refractivity contribution is 5.76. The van der Waals surface area contributed by atoms with Crippen LogP contribution in [0.3, 0.4) is 0 Å². The second-order valence-corrected chi connectivity index (χ2v) is 5.30. The smallest absolute Gasteiger partial charge is 0.222 e. The number of hydrogen-bond acceptors (Lipinski definition) is 3. The van der Waals surface area contributed by atoms with Gasteiger partial charge in [0.25, 0.3) is 0 Å². The van der Waals surface area contributed by atoms with Crippen LogP contribution in [0.2, 0.25) is 0 Å². The van der Waals surface area contributed by atoms with Crippen molar-refractivity contribution >= 4 is 5.91 Å². The molecule has 18 heavy (non-hydrogen) atoms. The maximum absolute atomic E-state index is 11.9. The normalized spacial score (nSPS) is 22.9. The van der Waals surface area contributed by atoms with Crippen molar-refractivity contribution in [3.05, 3.63) is 0 Å². The molecule has 1 rings (SSSR count). The summed E-state index contributed by atoms with van der Waals surface area (Å²) in [6, 6.07) is 0. The summed E-state index contributed by atoms with van der Waals surface area (Å²) in [4.78, 5) is 13.8. The van der Waals surface area contributed by atoms with Gasteiger partial charge in [-0.05, 0) is 31.7 Å². The Hall–Kier alpha value is -0.610. The average molecular weight is 256 g/mol. The summed E-state index contributed by atoms with van der Waals surface area (Å²) < 4.78 is 0. The van der Waals surface area contributed by atoms with Crippen LogP contribution in [0.15, 0.2) is 0 Å². The van der Waals surface area contributed by atoms with Crippen LogP contribution in [-0.2, 0) is 4.79 Å². The Morgan fingerprint density at radius 1 is 1.44 bits per heavy atom. The molecule has 4 heteroatoms. The van der Waals surface area contributed by atoms with Crippen LogP contribution < -0.4 is 5.32 Å². The first-order chi connectivity index (χ1) is 8.67. The lowest BCUT2D eigenvalue weighted by molar-refractivity contribution is -0.132. The molecule has 0 spiro atoms. The van der Waals surface area contributed by atoms with Gasteiger partial charge in [-0.15, -0.1) is 0 Å². The third-order valence-electron chi connectivity index (χ3n) is 3.74. The molecule has 1 heterocycles. The van der Waals surface area contributed by atoms with Crippen molar-refractivity contribution in [3.8, 4) is 0 Å². The zero-order chi connectivity index (χ0) is 13.4. The summed E-state index contributed by atoms with van der Waals surface area (Å²) in [5.41, 5.74) is 0. The molecule has 1 saturated heterocycles. The van der Waals surface area contributed by atoms with E-state index in [0.717, 1.165) is 38.8 Å². The van der Waals surface area contributed by atoms with Gasteiger partial charge in [0.2, 0.25) is 5.91 Å². The zero-order valence-corrected chi connectivity index (χ0v) is 11.8. The molecule has 0 aliphatic carbocycles. The lowest BCUT2D eigenvalue weighted by atomic mass is 9.98. The highest BCUT2D eigenvalue weighted by Crippen LogP contribution is 2.20. The van der Waals surface area contributed by atoms with Crippen molar-refractivity contribution in [2.45, 2.75) is 52.1 Å². The summed E-state index contributed by atoms with van der Waals surface area (Å²) in [7, 11) is 0. The largest absolute Gasteiger partial charge is 0.390 e. The second-order valence-electron chi connectivity index (χ2n) is 5.30. The van der Waals surface area contributed by atoms with E-state index in [-0.39, 0.29) is 5.91 Å². The number of aliphatic hydroxyl groups is 1. The molecule has 2 N–H and O–H groups in total. The molecule has 0 aromatic heterocycles. The molecule has 1 amide bonds. The van der Waals surface area contributed by atoms with Gasteiger partial charge in [-0.2, -0.15) is 0 Å². The SMILES string of the molecule is CCCNCC(O)CN1CCC(CC)CCC1=O. The van der Waals surface area contributed by atoms with E-state index >= 15 is 0 Å². The lowest BCUT2D eigenvalue weighted by Gasteiger charge is -2.24. The van der Waals surface area contributed by atoms with Crippen molar-refractivity contribution < 1.29 is 9.90 Å². The fourth-order valence-electron chi connectivity index (χ4n) is 2.46. The Balaban J connectivity index is 2.33. The summed E-state index contributed by atoms with van der Waals surface area (Å²) in [6.45, 7) is 7.07. The average Bonchev–Trinajstić information content (AvgIpc) is 2.53. The van der Waals surface area contributed by atoms with Crippen LogP contribution in [0.5, 0.6) is 0 Å². The van der Waals surface area contributed by atoms with E-state index in [4.69, 9.17) is 0 Å². The molecule has 0 aromatic rings. The van der Waals surface area contributed by atoms with Crippen molar-refractivity contribution in [2.24, 2.45) is 5.92 Å². The fourth-order valence-corrected chi connectivity index (χ4v) is 2.46. The van der Waals surface area contributed by atoms with Gasteiger partial charge in [-0.3, -0.25) is 4.79 Å². The molecule has 0 bridgehead atoms. The van der Waals surface area contributed by atoms with Gasteiger partial charge in [0.05, 0.1) is 6.10 Å². The Labute approximate surface area is 111 Å². The molecule has 1 aliphatic heterocycles. The highest BCUT2D eigenvalue weighted by atomic mass is 16.3. The van der Waals surface area contributed by atoms with Gasteiger partial charge in [0.1, 0.15) is 0 Å². The monoisotopic (exact) mass is 256 g/mol. The lowest BCUT2D eigenvalue weighted by Crippen LogP contribution is -2.41. The van der Waals surface area contributed by atoms with E-state index in [1.165, 1.54) is 0 Å². The number of carbonyl (C=O) groups excluding carboxylic acids is 1. The molecule has 4 nitrogen and oxygen atoms in total. The van der Waals surface area contributed by atoms with Crippen molar-refractivity contribution in [1.29, 1.82) is 0 Å². The van der Waals surface area contributed by atoms with Gasteiger partial charge in [0.15, 0.2) is 0 Å². The van der Waals surface area contributed by atoms with Crippen LogP contribution >= 0.6 is 0 Å². The second kappa shape index (κ2) is 8.48. The molecule has 1 aliphatic rings. The first-order valence-corrected chi connectivity index (χ1v) is 7.33. The number of nitrogens with zero attached hydrogens (tertiary/aromatic N) is 1. The third kappa shape index (κ3) is 5.36. The number of rotatable bonds is 7. The van der Waals surface area contributed by atoms with Crippen molar-refractivity contribution in [3.63, 3.8) is 0 Å². The van der Waals surface area contributed by atoms with E-state index < -0.39 is 6.10 Å². The standard InChI is InChI=1S/C14H28N2O2/c1-3-8-15-10-13(17)11-16-9-7-12(4-2)5-6-14(16)18/h12-13,15,17H,3-11H2,1-2H3. The van der Waals surface area contributed by atoms with E-state index in [1.807, 2.05) is 4.90 Å². The Morgan fingerprint density at radius 2 is 2.22 bits per heavy atom. The molecule has 2 atom stereocenters. The van der Waals surface area contributed by atoms with E-state index in [2.05, 4.69) is 19.2 Å².